The van der Waals surface area contributed by atoms with Gasteiger partial charge in [-0.1, -0.05) is 91.9 Å². The molecule has 0 rings (SSSR count). The zero-order valence-corrected chi connectivity index (χ0v) is 22.6. The molecule has 166 valence electrons. The van der Waals surface area contributed by atoms with Gasteiger partial charge in [-0.25, -0.2) is 0 Å². The molecule has 0 spiro atoms. The highest BCUT2D eigenvalue weighted by Crippen LogP contribution is 2.48. The molecule has 0 atom stereocenters. The molecular weight excluding hydrogens is 382 g/mol. The quantitative estimate of drug-likeness (QED) is 0.193. The molecule has 0 amide bonds. The summed E-state index contributed by atoms with van der Waals surface area (Å²) in [6.45, 7) is 13.8. The molecule has 27 heavy (non-hydrogen) atoms. The van der Waals surface area contributed by atoms with Crippen molar-refractivity contribution in [3.63, 3.8) is 0 Å². The van der Waals surface area contributed by atoms with Crippen LogP contribution in [-0.4, -0.2) is 37.0 Å². The molecule has 0 saturated heterocycles. The first-order valence-electron chi connectivity index (χ1n) is 12.3. The van der Waals surface area contributed by atoms with Crippen LogP contribution in [0.3, 0.4) is 0 Å². The van der Waals surface area contributed by atoms with Crippen LogP contribution in [0.1, 0.15) is 119 Å². The zero-order valence-electron chi connectivity index (χ0n) is 20.0. The fourth-order valence-corrected chi connectivity index (χ4v) is 10.6. The molecule has 0 fully saturated rings. The maximum Gasteiger partial charge on any atom is -0.0235 e. The minimum atomic E-state index is -0.936. The van der Waals surface area contributed by atoms with E-state index in [0.717, 1.165) is 0 Å². The van der Waals surface area contributed by atoms with Crippen molar-refractivity contribution >= 4 is 25.8 Å². The van der Waals surface area contributed by atoms with Gasteiger partial charge in [-0.15, -0.1) is 7.92 Å². The van der Waals surface area contributed by atoms with Gasteiger partial charge in [0.25, 0.3) is 0 Å². The Hall–Kier alpha value is 1.08. The monoisotopic (exact) mass is 436 g/mol. The van der Waals surface area contributed by atoms with Crippen LogP contribution in [0.25, 0.3) is 0 Å². The Morgan fingerprint density at radius 3 is 0.963 bits per heavy atom. The van der Waals surface area contributed by atoms with E-state index in [1.54, 1.807) is 18.5 Å². The highest BCUT2D eigenvalue weighted by molar-refractivity contribution is 8.14. The normalized spacial score (nSPS) is 11.5. The first-order chi connectivity index (χ1) is 13.0. The molecule has 0 N–H and O–H groups in total. The van der Waals surface area contributed by atoms with Gasteiger partial charge in [-0.3, -0.25) is 0 Å². The Bertz CT molecular complexity index is 270. The molecule has 3 heteroatoms. The van der Waals surface area contributed by atoms with Crippen molar-refractivity contribution in [2.45, 2.75) is 119 Å². The topological polar surface area (TPSA) is 0 Å². The predicted octanol–water partition coefficient (Wildman–Crippen LogP) is 9.73. The van der Waals surface area contributed by atoms with Crippen molar-refractivity contribution in [1.29, 1.82) is 0 Å². The molecule has 0 aromatic carbocycles. The van der Waals surface area contributed by atoms with Crippen LogP contribution >= 0.6 is 14.0 Å². The summed E-state index contributed by atoms with van der Waals surface area (Å²) in [5.41, 5.74) is 0. The maximum absolute atomic E-state index is 5.91. The fraction of sp³-hybridized carbons (Fsp3) is 1.00. The third kappa shape index (κ3) is 21.6. The molecule has 0 unspecified atom stereocenters. The van der Waals surface area contributed by atoms with Crippen LogP contribution in [0.15, 0.2) is 0 Å². The lowest BCUT2D eigenvalue weighted by Gasteiger charge is -2.21. The van der Waals surface area contributed by atoms with Crippen LogP contribution in [-0.2, 0) is 11.8 Å². The van der Waals surface area contributed by atoms with Gasteiger partial charge in [0.1, 0.15) is 0 Å². The van der Waals surface area contributed by atoms with E-state index in [1.165, 1.54) is 95.5 Å². The largest absolute Gasteiger partial charge is 0.107 e. The SMILES string of the molecule is CCCCP(=S)(CCCC)CCCC.CCCCP(CCCC)CCCC. The fourth-order valence-electron chi connectivity index (χ4n) is 3.15. The molecule has 0 aliphatic rings. The first-order valence-corrected chi connectivity index (χ1v) is 17.6. The van der Waals surface area contributed by atoms with Gasteiger partial charge in [-0.05, 0) is 81.5 Å². The zero-order chi connectivity index (χ0) is 20.8. The first kappa shape index (κ1) is 30.3. The molecule has 0 aliphatic heterocycles. The van der Waals surface area contributed by atoms with Crippen molar-refractivity contribution in [2.24, 2.45) is 0 Å². The van der Waals surface area contributed by atoms with E-state index < -0.39 is 6.04 Å². The van der Waals surface area contributed by atoms with Crippen molar-refractivity contribution in [3.05, 3.63) is 0 Å². The smallest absolute Gasteiger partial charge is 0.0235 e. The Morgan fingerprint density at radius 1 is 0.481 bits per heavy atom. The maximum atomic E-state index is 5.91. The average molecular weight is 437 g/mol. The standard InChI is InChI=1S/C12H27PS.C12H27P/c1-4-7-10-13(14,11-8-5-2)12-9-6-3;1-4-7-10-13(11-8-5-2)12-9-6-3/h4-12H2,1-3H3;4-12H2,1-3H3. The Kier molecular flexibility index (Phi) is 26.2. The van der Waals surface area contributed by atoms with E-state index >= 15 is 0 Å². The molecule has 0 bridgehead atoms. The molecule has 0 aliphatic carbocycles. The average Bonchev–Trinajstić information content (AvgIpc) is 2.69. The van der Waals surface area contributed by atoms with Gasteiger partial charge in [0.15, 0.2) is 0 Å². The van der Waals surface area contributed by atoms with E-state index in [2.05, 4.69) is 41.5 Å². The van der Waals surface area contributed by atoms with Crippen molar-refractivity contribution in [2.75, 3.05) is 37.0 Å². The van der Waals surface area contributed by atoms with Gasteiger partial charge in [0, 0.05) is 0 Å². The van der Waals surface area contributed by atoms with Crippen molar-refractivity contribution < 1.29 is 0 Å². The van der Waals surface area contributed by atoms with Crippen molar-refractivity contribution in [3.8, 4) is 0 Å². The van der Waals surface area contributed by atoms with Gasteiger partial charge in [0.2, 0.25) is 0 Å². The van der Waals surface area contributed by atoms with E-state index in [9.17, 15) is 0 Å². The highest BCUT2D eigenvalue weighted by atomic mass is 32.4. The number of hydrogen-bond donors (Lipinski definition) is 0. The molecular formula is C24H54P2S. The van der Waals surface area contributed by atoms with Crippen LogP contribution < -0.4 is 0 Å². The van der Waals surface area contributed by atoms with Gasteiger partial charge in [-0.2, -0.15) is 0 Å². The summed E-state index contributed by atoms with van der Waals surface area (Å²) in [6, 6.07) is -0.936. The van der Waals surface area contributed by atoms with Gasteiger partial charge < -0.3 is 0 Å². The van der Waals surface area contributed by atoms with Crippen LogP contribution in [0, 0.1) is 0 Å². The Morgan fingerprint density at radius 2 is 0.741 bits per heavy atom. The predicted molar refractivity (Wildman–Crippen MR) is 140 cm³/mol. The summed E-state index contributed by atoms with van der Waals surface area (Å²) in [5.74, 6) is 0. The minimum Gasteiger partial charge on any atom is -0.107 e. The summed E-state index contributed by atoms with van der Waals surface area (Å²) in [6.07, 6.45) is 25.4. The molecule has 0 radical (unpaired) electrons. The lowest BCUT2D eigenvalue weighted by Crippen LogP contribution is -2.00. The van der Waals surface area contributed by atoms with E-state index in [0.29, 0.717) is 7.92 Å². The number of unbranched alkanes of at least 4 members (excludes halogenated alkanes) is 6. The molecule has 0 aromatic heterocycles. The summed E-state index contributed by atoms with van der Waals surface area (Å²) < 4.78 is 0. The van der Waals surface area contributed by atoms with Crippen molar-refractivity contribution in [1.82, 2.24) is 0 Å². The Balaban J connectivity index is 0. The molecule has 0 aromatic rings. The number of rotatable bonds is 18. The second kappa shape index (κ2) is 23.4. The van der Waals surface area contributed by atoms with Crippen LogP contribution in [0.4, 0.5) is 0 Å². The summed E-state index contributed by atoms with van der Waals surface area (Å²) >= 11 is 5.91. The third-order valence-corrected chi connectivity index (χ3v) is 13.1. The van der Waals surface area contributed by atoms with Crippen LogP contribution in [0.5, 0.6) is 0 Å². The third-order valence-electron chi connectivity index (χ3n) is 5.24. The lowest BCUT2D eigenvalue weighted by molar-refractivity contribution is 0.846. The molecule has 0 saturated carbocycles. The van der Waals surface area contributed by atoms with E-state index in [1.807, 2.05) is 0 Å². The second-order valence-corrected chi connectivity index (χ2v) is 16.7. The molecule has 0 heterocycles. The van der Waals surface area contributed by atoms with Gasteiger partial charge in [0.05, 0.1) is 0 Å². The number of hydrogen-bond acceptors (Lipinski definition) is 1. The molecule has 0 nitrogen and oxygen atoms in total. The Labute approximate surface area is 181 Å². The van der Waals surface area contributed by atoms with Crippen LogP contribution in [0.2, 0.25) is 0 Å². The van der Waals surface area contributed by atoms with Gasteiger partial charge >= 0.3 is 0 Å². The lowest BCUT2D eigenvalue weighted by atomic mass is 10.4. The van der Waals surface area contributed by atoms with E-state index in [4.69, 9.17) is 11.8 Å². The minimum absolute atomic E-state index is 0.422. The summed E-state index contributed by atoms with van der Waals surface area (Å²) in [4.78, 5) is 0. The van der Waals surface area contributed by atoms with E-state index in [-0.39, 0.29) is 0 Å². The summed E-state index contributed by atoms with van der Waals surface area (Å²) in [7, 11) is 0.422. The summed E-state index contributed by atoms with van der Waals surface area (Å²) in [5, 5.41) is 0. The highest BCUT2D eigenvalue weighted by Gasteiger charge is 2.14. The second-order valence-electron chi connectivity index (χ2n) is 8.19.